The molecule has 0 radical (unpaired) electrons. The fraction of sp³-hybridized carbons (Fsp3) is 1.00. The van der Waals surface area contributed by atoms with Crippen molar-refractivity contribution in [1.29, 1.82) is 0 Å². The van der Waals surface area contributed by atoms with Crippen molar-refractivity contribution >= 4 is 0 Å². The summed E-state index contributed by atoms with van der Waals surface area (Å²) in [6.45, 7) is 1.87. The van der Waals surface area contributed by atoms with E-state index < -0.39 is 0 Å². The number of ether oxygens (including phenoxy) is 1. The van der Waals surface area contributed by atoms with Crippen LogP contribution < -0.4 is 5.73 Å². The molecule has 0 bridgehead atoms. The summed E-state index contributed by atoms with van der Waals surface area (Å²) < 4.78 is 5.74. The molecule has 0 atom stereocenters. The molecule has 0 aromatic rings. The molecule has 0 unspecified atom stereocenters. The first-order chi connectivity index (χ1) is 6.18. The Balaban J connectivity index is 2.02. The van der Waals surface area contributed by atoms with Gasteiger partial charge in [-0.1, -0.05) is 0 Å². The highest BCUT2D eigenvalue weighted by molar-refractivity contribution is 4.74. The highest BCUT2D eigenvalue weighted by Gasteiger charge is 2.18. The third-order valence-corrected chi connectivity index (χ3v) is 2.61. The largest absolute Gasteiger partial charge is 0.377 e. The summed E-state index contributed by atoms with van der Waals surface area (Å²) in [5, 5.41) is 0. The van der Waals surface area contributed by atoms with Gasteiger partial charge in [0.1, 0.15) is 0 Å². The van der Waals surface area contributed by atoms with Crippen molar-refractivity contribution in [3.63, 3.8) is 0 Å². The quantitative estimate of drug-likeness (QED) is 0.707. The first-order valence-electron chi connectivity index (χ1n) is 5.20. The number of hydrogen-bond donors (Lipinski definition) is 1. The fourth-order valence-corrected chi connectivity index (χ4v) is 1.66. The van der Waals surface area contributed by atoms with Crippen LogP contribution in [0.25, 0.3) is 0 Å². The summed E-state index contributed by atoms with van der Waals surface area (Å²) in [4.78, 5) is 2.15. The van der Waals surface area contributed by atoms with Gasteiger partial charge >= 0.3 is 0 Å². The normalized spacial score (nSPS) is 29.5. The first kappa shape index (κ1) is 11.0. The van der Waals surface area contributed by atoms with Gasteiger partial charge in [0.2, 0.25) is 0 Å². The van der Waals surface area contributed by atoms with Gasteiger partial charge in [-0.2, -0.15) is 0 Å². The molecule has 0 saturated heterocycles. The Morgan fingerprint density at radius 2 is 1.85 bits per heavy atom. The molecule has 13 heavy (non-hydrogen) atoms. The van der Waals surface area contributed by atoms with E-state index in [2.05, 4.69) is 19.0 Å². The zero-order valence-corrected chi connectivity index (χ0v) is 8.83. The minimum absolute atomic E-state index is 0.425. The Morgan fingerprint density at radius 3 is 2.38 bits per heavy atom. The van der Waals surface area contributed by atoms with Crippen LogP contribution in [0.2, 0.25) is 0 Å². The Labute approximate surface area is 81.2 Å². The SMILES string of the molecule is CN(C)CCOC1CCC(N)CC1. The molecular weight excluding hydrogens is 164 g/mol. The van der Waals surface area contributed by atoms with Gasteiger partial charge in [-0.15, -0.1) is 0 Å². The summed E-state index contributed by atoms with van der Waals surface area (Å²) in [6, 6.07) is 0.425. The van der Waals surface area contributed by atoms with Crippen LogP contribution in [0, 0.1) is 0 Å². The van der Waals surface area contributed by atoms with Gasteiger partial charge in [0, 0.05) is 12.6 Å². The lowest BCUT2D eigenvalue weighted by Gasteiger charge is -2.26. The van der Waals surface area contributed by atoms with E-state index in [-0.39, 0.29) is 0 Å². The molecular formula is C10H22N2O. The molecule has 1 rings (SSSR count). The van der Waals surface area contributed by atoms with Crippen LogP contribution in [-0.4, -0.2) is 44.3 Å². The lowest BCUT2D eigenvalue weighted by molar-refractivity contribution is 0.0184. The van der Waals surface area contributed by atoms with Crippen molar-refractivity contribution in [2.75, 3.05) is 27.2 Å². The average molecular weight is 186 g/mol. The van der Waals surface area contributed by atoms with Gasteiger partial charge in [0.25, 0.3) is 0 Å². The lowest BCUT2D eigenvalue weighted by atomic mass is 9.94. The number of likely N-dealkylation sites (N-methyl/N-ethyl adjacent to an activating group) is 1. The predicted molar refractivity (Wildman–Crippen MR) is 54.7 cm³/mol. The van der Waals surface area contributed by atoms with E-state index >= 15 is 0 Å². The summed E-state index contributed by atoms with van der Waals surface area (Å²) in [7, 11) is 4.14. The third kappa shape index (κ3) is 4.60. The minimum atomic E-state index is 0.425. The van der Waals surface area contributed by atoms with Gasteiger partial charge in [-0.05, 0) is 39.8 Å². The van der Waals surface area contributed by atoms with E-state index in [1.165, 1.54) is 0 Å². The van der Waals surface area contributed by atoms with Crippen molar-refractivity contribution in [3.8, 4) is 0 Å². The zero-order valence-electron chi connectivity index (χ0n) is 8.83. The molecule has 78 valence electrons. The molecule has 3 heteroatoms. The number of nitrogens with zero attached hydrogens (tertiary/aromatic N) is 1. The number of rotatable bonds is 4. The minimum Gasteiger partial charge on any atom is -0.377 e. The average Bonchev–Trinajstić information content (AvgIpc) is 2.08. The molecule has 1 fully saturated rings. The maximum absolute atomic E-state index is 5.81. The number of nitrogens with two attached hydrogens (primary N) is 1. The van der Waals surface area contributed by atoms with Crippen molar-refractivity contribution in [1.82, 2.24) is 4.90 Å². The third-order valence-electron chi connectivity index (χ3n) is 2.61. The molecule has 0 spiro atoms. The van der Waals surface area contributed by atoms with Gasteiger partial charge in [-0.3, -0.25) is 0 Å². The highest BCUT2D eigenvalue weighted by Crippen LogP contribution is 2.19. The van der Waals surface area contributed by atoms with Crippen LogP contribution in [0.15, 0.2) is 0 Å². The van der Waals surface area contributed by atoms with E-state index in [1.807, 2.05) is 0 Å². The molecule has 0 aromatic carbocycles. The van der Waals surface area contributed by atoms with Crippen LogP contribution in [0.1, 0.15) is 25.7 Å². The molecule has 0 aromatic heterocycles. The van der Waals surface area contributed by atoms with Crippen LogP contribution in [-0.2, 0) is 4.74 Å². The Bertz CT molecular complexity index is 131. The summed E-state index contributed by atoms with van der Waals surface area (Å²) in [5.74, 6) is 0. The second-order valence-electron chi connectivity index (χ2n) is 4.21. The van der Waals surface area contributed by atoms with E-state index in [9.17, 15) is 0 Å². The summed E-state index contributed by atoms with van der Waals surface area (Å²) in [6.07, 6.45) is 5.03. The van der Waals surface area contributed by atoms with E-state index in [0.29, 0.717) is 12.1 Å². The van der Waals surface area contributed by atoms with Gasteiger partial charge < -0.3 is 15.4 Å². The molecule has 0 aliphatic heterocycles. The second-order valence-corrected chi connectivity index (χ2v) is 4.21. The second kappa shape index (κ2) is 5.58. The van der Waals surface area contributed by atoms with Gasteiger partial charge in [0.05, 0.1) is 12.7 Å². The molecule has 1 aliphatic rings. The molecule has 1 saturated carbocycles. The van der Waals surface area contributed by atoms with Crippen molar-refractivity contribution in [2.45, 2.75) is 37.8 Å². The monoisotopic (exact) mass is 186 g/mol. The Hall–Kier alpha value is -0.120. The van der Waals surface area contributed by atoms with Crippen molar-refractivity contribution in [3.05, 3.63) is 0 Å². The fourth-order valence-electron chi connectivity index (χ4n) is 1.66. The van der Waals surface area contributed by atoms with Crippen molar-refractivity contribution in [2.24, 2.45) is 5.73 Å². The smallest absolute Gasteiger partial charge is 0.0596 e. The van der Waals surface area contributed by atoms with Crippen LogP contribution in [0.3, 0.4) is 0 Å². The topological polar surface area (TPSA) is 38.5 Å². The first-order valence-corrected chi connectivity index (χ1v) is 5.20. The molecule has 2 N–H and O–H groups in total. The lowest BCUT2D eigenvalue weighted by Crippen LogP contribution is -2.31. The standard InChI is InChI=1S/C10H22N2O/c1-12(2)7-8-13-10-5-3-9(11)4-6-10/h9-10H,3-8,11H2,1-2H3. The molecule has 1 aliphatic carbocycles. The maximum atomic E-state index is 5.81. The van der Waals surface area contributed by atoms with Crippen LogP contribution in [0.5, 0.6) is 0 Å². The van der Waals surface area contributed by atoms with E-state index in [4.69, 9.17) is 10.5 Å². The van der Waals surface area contributed by atoms with Gasteiger partial charge in [-0.25, -0.2) is 0 Å². The van der Waals surface area contributed by atoms with Crippen molar-refractivity contribution < 1.29 is 4.74 Å². The molecule has 0 heterocycles. The Kier molecular flexibility index (Phi) is 4.70. The number of hydrogen-bond acceptors (Lipinski definition) is 3. The Morgan fingerprint density at radius 1 is 1.23 bits per heavy atom. The zero-order chi connectivity index (χ0) is 9.68. The summed E-state index contributed by atoms with van der Waals surface area (Å²) in [5.41, 5.74) is 5.81. The van der Waals surface area contributed by atoms with Crippen LogP contribution >= 0.6 is 0 Å². The highest BCUT2D eigenvalue weighted by atomic mass is 16.5. The predicted octanol–water partition coefficient (Wildman–Crippen LogP) is 0.834. The maximum Gasteiger partial charge on any atom is 0.0596 e. The van der Waals surface area contributed by atoms with Crippen LogP contribution in [0.4, 0.5) is 0 Å². The molecule has 0 amide bonds. The molecule has 3 nitrogen and oxygen atoms in total. The van der Waals surface area contributed by atoms with E-state index in [1.54, 1.807) is 0 Å². The van der Waals surface area contributed by atoms with Gasteiger partial charge in [0.15, 0.2) is 0 Å². The summed E-state index contributed by atoms with van der Waals surface area (Å²) >= 11 is 0. The van der Waals surface area contributed by atoms with E-state index in [0.717, 1.165) is 38.8 Å².